The molecule has 0 aliphatic rings. The summed E-state index contributed by atoms with van der Waals surface area (Å²) in [5.74, 6) is 0. The van der Waals surface area contributed by atoms with Crippen LogP contribution in [0.1, 0.15) is 13.0 Å². The number of benzene rings is 1. The number of aromatic amines is 1. The number of imidazole rings is 1. The highest BCUT2D eigenvalue weighted by Crippen LogP contribution is 2.19. The fourth-order valence-electron chi connectivity index (χ4n) is 1.61. The van der Waals surface area contributed by atoms with Gasteiger partial charge in [0.1, 0.15) is 0 Å². The van der Waals surface area contributed by atoms with Gasteiger partial charge in [-0.25, -0.2) is 4.79 Å². The number of hydrogen-bond acceptors (Lipinski definition) is 2. The Hall–Kier alpha value is -1.07. The molecule has 1 atom stereocenters. The highest BCUT2D eigenvalue weighted by atomic mass is 79.9. The van der Waals surface area contributed by atoms with Gasteiger partial charge in [0.05, 0.1) is 23.7 Å². The van der Waals surface area contributed by atoms with Gasteiger partial charge in [-0.3, -0.25) is 4.57 Å². The van der Waals surface area contributed by atoms with E-state index < -0.39 is 0 Å². The van der Waals surface area contributed by atoms with Crippen molar-refractivity contribution in [3.05, 3.63) is 33.2 Å². The van der Waals surface area contributed by atoms with Crippen molar-refractivity contribution < 1.29 is 5.11 Å². The van der Waals surface area contributed by atoms with Crippen LogP contribution in [0.3, 0.4) is 0 Å². The monoisotopic (exact) mass is 270 g/mol. The van der Waals surface area contributed by atoms with Gasteiger partial charge < -0.3 is 10.1 Å². The quantitative estimate of drug-likeness (QED) is 0.872. The predicted molar refractivity (Wildman–Crippen MR) is 62.1 cm³/mol. The summed E-state index contributed by atoms with van der Waals surface area (Å²) >= 11 is 3.36. The van der Waals surface area contributed by atoms with E-state index in [1.807, 2.05) is 18.2 Å². The minimum absolute atomic E-state index is 0.0562. The molecule has 0 saturated heterocycles. The molecule has 80 valence electrons. The predicted octanol–water partition coefficient (Wildman–Crippen LogP) is 1.65. The van der Waals surface area contributed by atoms with E-state index in [0.717, 1.165) is 15.5 Å². The number of aliphatic hydroxyl groups excluding tert-OH is 1. The number of aromatic nitrogens is 2. The highest BCUT2D eigenvalue weighted by molar-refractivity contribution is 9.10. The van der Waals surface area contributed by atoms with E-state index in [1.54, 1.807) is 11.5 Å². The molecule has 0 aliphatic heterocycles. The molecule has 1 aromatic heterocycles. The lowest BCUT2D eigenvalue weighted by Gasteiger charge is -2.09. The number of nitrogens with one attached hydrogen (secondary N) is 1. The van der Waals surface area contributed by atoms with Crippen molar-refractivity contribution >= 4 is 27.0 Å². The van der Waals surface area contributed by atoms with Gasteiger partial charge in [0, 0.05) is 4.47 Å². The third-order valence-electron chi connectivity index (χ3n) is 2.38. The lowest BCUT2D eigenvalue weighted by molar-refractivity contribution is 0.239. The van der Waals surface area contributed by atoms with Crippen molar-refractivity contribution in [2.75, 3.05) is 6.61 Å². The maximum atomic E-state index is 11.6. The molecule has 1 unspecified atom stereocenters. The third kappa shape index (κ3) is 1.72. The van der Waals surface area contributed by atoms with Crippen LogP contribution >= 0.6 is 15.9 Å². The Morgan fingerprint density at radius 3 is 3.00 bits per heavy atom. The highest BCUT2D eigenvalue weighted by Gasteiger charge is 2.11. The van der Waals surface area contributed by atoms with Crippen molar-refractivity contribution in [2.45, 2.75) is 13.0 Å². The first-order valence-electron chi connectivity index (χ1n) is 4.64. The summed E-state index contributed by atoms with van der Waals surface area (Å²) in [5, 5.41) is 9.07. The Balaban J connectivity index is 2.76. The molecule has 2 N–H and O–H groups in total. The number of fused-ring (bicyclic) bond motifs is 1. The molecule has 0 amide bonds. The molecule has 1 aromatic carbocycles. The molecular weight excluding hydrogens is 260 g/mol. The molecule has 2 rings (SSSR count). The molecular formula is C10H11BrN2O2. The Morgan fingerprint density at radius 1 is 1.60 bits per heavy atom. The largest absolute Gasteiger partial charge is 0.394 e. The maximum absolute atomic E-state index is 11.6. The summed E-state index contributed by atoms with van der Waals surface area (Å²) in [5.41, 5.74) is 1.39. The van der Waals surface area contributed by atoms with Crippen LogP contribution in [0, 0.1) is 0 Å². The minimum Gasteiger partial charge on any atom is -0.394 e. The molecule has 2 aromatic rings. The van der Waals surface area contributed by atoms with Gasteiger partial charge in [-0.15, -0.1) is 0 Å². The lowest BCUT2D eigenvalue weighted by atomic mass is 10.3. The second-order valence-corrected chi connectivity index (χ2v) is 4.41. The first kappa shape index (κ1) is 10.4. The smallest absolute Gasteiger partial charge is 0.326 e. The molecule has 5 heteroatoms. The number of aliphatic hydroxyl groups is 1. The van der Waals surface area contributed by atoms with E-state index in [4.69, 9.17) is 5.11 Å². The number of rotatable bonds is 2. The number of hydrogen-bond donors (Lipinski definition) is 2. The third-order valence-corrected chi connectivity index (χ3v) is 2.88. The standard InChI is InChI=1S/C10H11BrN2O2/c1-6(5-14)13-9-4-7(11)2-3-8(9)12-10(13)15/h2-4,6,14H,5H2,1H3,(H,12,15). The van der Waals surface area contributed by atoms with Crippen LogP contribution in [-0.4, -0.2) is 21.3 Å². The second-order valence-electron chi connectivity index (χ2n) is 3.49. The average Bonchev–Trinajstić information content (AvgIpc) is 2.52. The van der Waals surface area contributed by atoms with Crippen molar-refractivity contribution in [1.82, 2.24) is 9.55 Å². The van der Waals surface area contributed by atoms with E-state index in [2.05, 4.69) is 20.9 Å². The lowest BCUT2D eigenvalue weighted by Crippen LogP contribution is -2.22. The van der Waals surface area contributed by atoms with Crippen molar-refractivity contribution in [3.8, 4) is 0 Å². The number of H-pyrrole nitrogens is 1. The fraction of sp³-hybridized carbons (Fsp3) is 0.300. The maximum Gasteiger partial charge on any atom is 0.326 e. The summed E-state index contributed by atoms with van der Waals surface area (Å²) < 4.78 is 2.47. The first-order valence-corrected chi connectivity index (χ1v) is 5.43. The zero-order chi connectivity index (χ0) is 11.0. The fourth-order valence-corrected chi connectivity index (χ4v) is 1.96. The normalized spacial score (nSPS) is 13.3. The van der Waals surface area contributed by atoms with E-state index in [1.165, 1.54) is 0 Å². The summed E-state index contributed by atoms with van der Waals surface area (Å²) in [6, 6.07) is 5.34. The van der Waals surface area contributed by atoms with Crippen LogP contribution in [0.2, 0.25) is 0 Å². The molecule has 1 heterocycles. The van der Waals surface area contributed by atoms with Crippen LogP contribution in [0.25, 0.3) is 11.0 Å². The topological polar surface area (TPSA) is 58.0 Å². The summed E-state index contributed by atoms with van der Waals surface area (Å²) in [6.45, 7) is 1.74. The number of halogens is 1. The van der Waals surface area contributed by atoms with Gasteiger partial charge in [0.2, 0.25) is 0 Å². The molecule has 0 bridgehead atoms. The summed E-state index contributed by atoms with van der Waals surface area (Å²) in [6.07, 6.45) is 0. The minimum atomic E-state index is -0.222. The SMILES string of the molecule is CC(CO)n1c(=O)[nH]c2ccc(Br)cc21. The van der Waals surface area contributed by atoms with Crippen LogP contribution in [0.5, 0.6) is 0 Å². The van der Waals surface area contributed by atoms with Crippen molar-refractivity contribution in [2.24, 2.45) is 0 Å². The van der Waals surface area contributed by atoms with E-state index >= 15 is 0 Å². The molecule has 4 nitrogen and oxygen atoms in total. The summed E-state index contributed by atoms with van der Waals surface area (Å²) in [7, 11) is 0. The van der Waals surface area contributed by atoms with Crippen LogP contribution < -0.4 is 5.69 Å². The van der Waals surface area contributed by atoms with Gasteiger partial charge in [-0.05, 0) is 25.1 Å². The zero-order valence-electron chi connectivity index (χ0n) is 8.20. The van der Waals surface area contributed by atoms with E-state index in [9.17, 15) is 4.79 Å². The summed E-state index contributed by atoms with van der Waals surface area (Å²) in [4.78, 5) is 14.4. The van der Waals surface area contributed by atoms with Crippen LogP contribution in [-0.2, 0) is 0 Å². The molecule has 0 fully saturated rings. The zero-order valence-corrected chi connectivity index (χ0v) is 9.78. The van der Waals surface area contributed by atoms with Gasteiger partial charge in [-0.2, -0.15) is 0 Å². The van der Waals surface area contributed by atoms with Gasteiger partial charge >= 0.3 is 5.69 Å². The number of nitrogens with zero attached hydrogens (tertiary/aromatic N) is 1. The Kier molecular flexibility index (Phi) is 2.67. The van der Waals surface area contributed by atoms with Gasteiger partial charge in [0.25, 0.3) is 0 Å². The van der Waals surface area contributed by atoms with E-state index in [0.29, 0.717) is 0 Å². The first-order chi connectivity index (χ1) is 7.13. The van der Waals surface area contributed by atoms with Crippen molar-refractivity contribution in [3.63, 3.8) is 0 Å². The Morgan fingerprint density at radius 2 is 2.33 bits per heavy atom. The molecule has 0 aliphatic carbocycles. The molecule has 0 spiro atoms. The van der Waals surface area contributed by atoms with E-state index in [-0.39, 0.29) is 18.3 Å². The van der Waals surface area contributed by atoms with Gasteiger partial charge in [0.15, 0.2) is 0 Å². The van der Waals surface area contributed by atoms with Crippen LogP contribution in [0.4, 0.5) is 0 Å². The Labute approximate surface area is 94.7 Å². The second kappa shape index (κ2) is 3.83. The average molecular weight is 271 g/mol. The van der Waals surface area contributed by atoms with Crippen molar-refractivity contribution in [1.29, 1.82) is 0 Å². The molecule has 15 heavy (non-hydrogen) atoms. The van der Waals surface area contributed by atoms with Gasteiger partial charge in [-0.1, -0.05) is 15.9 Å². The molecule has 0 radical (unpaired) electrons. The molecule has 0 saturated carbocycles. The van der Waals surface area contributed by atoms with Crippen LogP contribution in [0.15, 0.2) is 27.5 Å². The Bertz CT molecular complexity index is 544.